The molecule has 3 heterocycles. The second-order valence-electron chi connectivity index (χ2n) is 8.99. The second-order valence-corrected chi connectivity index (χ2v) is 10.4. The van der Waals surface area contributed by atoms with Gasteiger partial charge in [0.05, 0.1) is 28.7 Å². The predicted molar refractivity (Wildman–Crippen MR) is 134 cm³/mol. The average Bonchev–Trinajstić information content (AvgIpc) is 3.48. The Bertz CT molecular complexity index is 1390. The third kappa shape index (κ3) is 4.89. The predicted octanol–water partition coefficient (Wildman–Crippen LogP) is 5.89. The molecular weight excluding hydrogens is 513 g/mol. The Labute approximate surface area is 214 Å². The number of thioether (sulfide) groups is 1. The van der Waals surface area contributed by atoms with E-state index in [-0.39, 0.29) is 34.3 Å². The number of carbonyl (C=O) groups is 2. The molecule has 0 unspecified atom stereocenters. The summed E-state index contributed by atoms with van der Waals surface area (Å²) in [6.07, 6.45) is 0.708. The van der Waals surface area contributed by atoms with E-state index < -0.39 is 11.7 Å². The molecule has 36 heavy (non-hydrogen) atoms. The summed E-state index contributed by atoms with van der Waals surface area (Å²) in [5.41, 5.74) is 0.609. The number of hydrogen-bond acceptors (Lipinski definition) is 5. The topological polar surface area (TPSA) is 58.4 Å². The largest absolute Gasteiger partial charge is 0.416 e. The van der Waals surface area contributed by atoms with Crippen molar-refractivity contribution in [2.45, 2.75) is 31.6 Å². The summed E-state index contributed by atoms with van der Waals surface area (Å²) in [6.45, 7) is 1.26. The van der Waals surface area contributed by atoms with Crippen LogP contribution < -0.4 is 0 Å². The maximum atomic E-state index is 13.5. The molecule has 0 radical (unpaired) electrons. The number of halogens is 4. The number of amides is 2. The summed E-state index contributed by atoms with van der Waals surface area (Å²) >= 11 is 6.70. The molecule has 188 valence electrons. The summed E-state index contributed by atoms with van der Waals surface area (Å²) in [7, 11) is 2.00. The lowest BCUT2D eigenvalue weighted by molar-refractivity contribution is -0.138. The van der Waals surface area contributed by atoms with E-state index in [4.69, 9.17) is 11.6 Å². The number of rotatable bonds is 5. The highest BCUT2D eigenvalue weighted by Crippen LogP contribution is 2.35. The van der Waals surface area contributed by atoms with Gasteiger partial charge in [-0.1, -0.05) is 23.7 Å². The molecule has 1 atom stereocenters. The Morgan fingerprint density at radius 1 is 1.19 bits per heavy atom. The molecule has 2 aliphatic heterocycles. The Morgan fingerprint density at radius 2 is 2.00 bits per heavy atom. The molecule has 0 spiro atoms. The Hall–Kier alpha value is -2.82. The van der Waals surface area contributed by atoms with Crippen LogP contribution in [0.25, 0.3) is 17.0 Å². The van der Waals surface area contributed by atoms with Crippen molar-refractivity contribution in [1.29, 1.82) is 0 Å². The van der Waals surface area contributed by atoms with E-state index in [2.05, 4.69) is 10.00 Å². The van der Waals surface area contributed by atoms with Gasteiger partial charge in [-0.25, -0.2) is 0 Å². The number of likely N-dealkylation sites (N-methyl/N-ethyl adjacent to an activating group) is 1. The lowest BCUT2D eigenvalue weighted by Gasteiger charge is -2.23. The van der Waals surface area contributed by atoms with Gasteiger partial charge < -0.3 is 4.90 Å². The molecule has 0 N–H and O–H groups in total. The van der Waals surface area contributed by atoms with Crippen molar-refractivity contribution in [3.05, 3.63) is 69.2 Å². The molecule has 6 nitrogen and oxygen atoms in total. The lowest BCUT2D eigenvalue weighted by atomic mass is 10.1. The molecule has 0 bridgehead atoms. The SMILES string of the molecule is CN1CCC[C@H]1CN1C(=O)S/C(=C/c2ccc3c(cnn3Cc3ccc(Cl)cc3C(F)(F)F)c2)C1=O. The number of likely N-dealkylation sites (tertiary alicyclic amines) is 1. The third-order valence-electron chi connectivity index (χ3n) is 6.60. The van der Waals surface area contributed by atoms with Crippen LogP contribution >= 0.6 is 23.4 Å². The summed E-state index contributed by atoms with van der Waals surface area (Å²) in [6, 6.07) is 9.17. The second kappa shape index (κ2) is 9.57. The van der Waals surface area contributed by atoms with Crippen LogP contribution in [0.15, 0.2) is 47.5 Å². The van der Waals surface area contributed by atoms with Gasteiger partial charge >= 0.3 is 6.18 Å². The minimum atomic E-state index is -4.54. The van der Waals surface area contributed by atoms with Gasteiger partial charge in [0.15, 0.2) is 0 Å². The first-order chi connectivity index (χ1) is 17.1. The van der Waals surface area contributed by atoms with E-state index >= 15 is 0 Å². The lowest BCUT2D eigenvalue weighted by Crippen LogP contribution is -2.40. The van der Waals surface area contributed by atoms with E-state index in [1.165, 1.54) is 21.7 Å². The van der Waals surface area contributed by atoms with E-state index in [0.717, 1.165) is 37.2 Å². The van der Waals surface area contributed by atoms with E-state index in [0.29, 0.717) is 27.9 Å². The minimum Gasteiger partial charge on any atom is -0.302 e. The van der Waals surface area contributed by atoms with Gasteiger partial charge in [-0.15, -0.1) is 0 Å². The number of fused-ring (bicyclic) bond motifs is 1. The van der Waals surface area contributed by atoms with Gasteiger partial charge in [0.2, 0.25) is 0 Å². The maximum absolute atomic E-state index is 13.5. The van der Waals surface area contributed by atoms with Gasteiger partial charge in [0.25, 0.3) is 11.1 Å². The van der Waals surface area contributed by atoms with Crippen molar-refractivity contribution >= 4 is 51.5 Å². The highest BCUT2D eigenvalue weighted by Gasteiger charge is 2.38. The molecular formula is C25H22ClF3N4O2S. The monoisotopic (exact) mass is 534 g/mol. The van der Waals surface area contributed by atoms with Gasteiger partial charge in [0.1, 0.15) is 0 Å². The molecule has 2 fully saturated rings. The van der Waals surface area contributed by atoms with Crippen LogP contribution in [-0.2, 0) is 17.5 Å². The van der Waals surface area contributed by atoms with Crippen LogP contribution in [0.5, 0.6) is 0 Å². The number of nitrogens with zero attached hydrogens (tertiary/aromatic N) is 4. The van der Waals surface area contributed by atoms with Crippen molar-refractivity contribution in [2.24, 2.45) is 0 Å². The van der Waals surface area contributed by atoms with Crippen molar-refractivity contribution in [3.8, 4) is 0 Å². The Morgan fingerprint density at radius 3 is 2.72 bits per heavy atom. The fourth-order valence-corrected chi connectivity index (χ4v) is 5.68. The standard InChI is InChI=1S/C25H22ClF3N4O2S/c1-31-8-2-3-19(31)14-32-23(34)22(36-24(32)35)10-15-4-7-21-17(9-15)12-30-33(21)13-16-5-6-18(26)11-20(16)25(27,28)29/h4-7,9-12,19H,2-3,8,13-14H2,1H3/b22-10+/t19-/m0/s1. The molecule has 2 saturated heterocycles. The zero-order chi connectivity index (χ0) is 25.6. The first-order valence-electron chi connectivity index (χ1n) is 11.4. The van der Waals surface area contributed by atoms with Crippen molar-refractivity contribution < 1.29 is 22.8 Å². The third-order valence-corrected chi connectivity index (χ3v) is 7.74. The van der Waals surface area contributed by atoms with Crippen molar-refractivity contribution in [3.63, 3.8) is 0 Å². The highest BCUT2D eigenvalue weighted by molar-refractivity contribution is 8.18. The number of imide groups is 1. The molecule has 2 aliphatic rings. The molecule has 0 aliphatic carbocycles. The maximum Gasteiger partial charge on any atom is 0.416 e. The average molecular weight is 535 g/mol. The van der Waals surface area contributed by atoms with Gasteiger partial charge in [-0.2, -0.15) is 18.3 Å². The fourth-order valence-electron chi connectivity index (χ4n) is 4.66. The van der Waals surface area contributed by atoms with E-state index in [9.17, 15) is 22.8 Å². The number of alkyl halides is 3. The molecule has 11 heteroatoms. The molecule has 1 aromatic heterocycles. The molecule has 5 rings (SSSR count). The Balaban J connectivity index is 1.37. The van der Waals surface area contributed by atoms with E-state index in [1.807, 2.05) is 7.05 Å². The summed E-state index contributed by atoms with van der Waals surface area (Å²) < 4.78 is 41.9. The summed E-state index contributed by atoms with van der Waals surface area (Å²) in [5, 5.41) is 4.72. The van der Waals surface area contributed by atoms with Crippen molar-refractivity contribution in [2.75, 3.05) is 20.1 Å². The van der Waals surface area contributed by atoms with Crippen LogP contribution in [-0.4, -0.2) is 56.9 Å². The van der Waals surface area contributed by atoms with Crippen LogP contribution in [0.4, 0.5) is 18.0 Å². The smallest absolute Gasteiger partial charge is 0.302 e. The zero-order valence-corrected chi connectivity index (χ0v) is 20.8. The molecule has 2 amide bonds. The molecule has 3 aromatic rings. The van der Waals surface area contributed by atoms with Crippen LogP contribution in [0.1, 0.15) is 29.5 Å². The van der Waals surface area contributed by atoms with Gasteiger partial charge in [-0.05, 0) is 79.7 Å². The summed E-state index contributed by atoms with van der Waals surface area (Å²) in [4.78, 5) is 29.2. The Kier molecular flexibility index (Phi) is 6.61. The van der Waals surface area contributed by atoms with E-state index in [1.54, 1.807) is 30.5 Å². The summed E-state index contributed by atoms with van der Waals surface area (Å²) in [5.74, 6) is -0.302. The number of benzene rings is 2. The fraction of sp³-hybridized carbons (Fsp3) is 0.320. The number of carbonyl (C=O) groups excluding carboxylic acids is 2. The quantitative estimate of drug-likeness (QED) is 0.382. The minimum absolute atomic E-state index is 0.0146. The number of aromatic nitrogens is 2. The zero-order valence-electron chi connectivity index (χ0n) is 19.3. The van der Waals surface area contributed by atoms with Gasteiger partial charge in [-0.3, -0.25) is 19.2 Å². The molecule has 2 aromatic carbocycles. The van der Waals surface area contributed by atoms with Crippen LogP contribution in [0, 0.1) is 0 Å². The molecule has 0 saturated carbocycles. The number of hydrogen-bond donors (Lipinski definition) is 0. The van der Waals surface area contributed by atoms with Crippen LogP contribution in [0.3, 0.4) is 0 Å². The normalized spacial score (nSPS) is 20.4. The van der Waals surface area contributed by atoms with Gasteiger partial charge in [0, 0.05) is 23.0 Å². The van der Waals surface area contributed by atoms with Crippen LogP contribution in [0.2, 0.25) is 5.02 Å². The first-order valence-corrected chi connectivity index (χ1v) is 12.6. The highest BCUT2D eigenvalue weighted by atomic mass is 35.5. The van der Waals surface area contributed by atoms with Crippen molar-refractivity contribution in [1.82, 2.24) is 19.6 Å². The first kappa shape index (κ1) is 24.9.